The number of alkyl halides is 1. The van der Waals surface area contributed by atoms with Crippen LogP contribution in [0.3, 0.4) is 0 Å². The molecule has 70 valence electrons. The molecule has 5 nitrogen and oxygen atoms in total. The minimum absolute atomic E-state index is 0.189. The van der Waals surface area contributed by atoms with E-state index in [4.69, 9.17) is 11.6 Å². The largest absolute Gasteiger partial charge is 0.459 e. The van der Waals surface area contributed by atoms with Gasteiger partial charge in [0.2, 0.25) is 0 Å². The van der Waals surface area contributed by atoms with E-state index in [2.05, 4.69) is 4.74 Å². The maximum absolute atomic E-state index is 12.4. The molecular weight excluding hydrogens is 171 g/mol. The molecule has 0 spiro atoms. The van der Waals surface area contributed by atoms with Gasteiger partial charge in [0, 0.05) is 0 Å². The molecule has 0 aromatic carbocycles. The third-order valence-corrected chi connectivity index (χ3v) is 1.22. The number of hydrogen-bond acceptors (Lipinski definition) is 5. The van der Waals surface area contributed by atoms with E-state index in [1.807, 2.05) is 0 Å². The number of carbonyl (C=O) groups excluding carboxylic acids is 2. The maximum atomic E-state index is 12.4. The van der Waals surface area contributed by atoms with Crippen molar-refractivity contribution in [1.29, 1.82) is 0 Å². The van der Waals surface area contributed by atoms with Crippen LogP contribution in [-0.2, 0) is 14.3 Å². The fraction of sp³-hybridized carbons (Fsp3) is 0.667. The van der Waals surface area contributed by atoms with Crippen LogP contribution in [0.5, 0.6) is 0 Å². The highest BCUT2D eigenvalue weighted by atomic mass is 19.1. The monoisotopic (exact) mass is 181 g/mol. The van der Waals surface area contributed by atoms with Crippen LogP contribution in [-0.4, -0.2) is 47.9 Å². The summed E-state index contributed by atoms with van der Waals surface area (Å²) in [7, 11) is 0. The summed E-state index contributed by atoms with van der Waals surface area (Å²) in [4.78, 5) is 19.9. The molecule has 0 rings (SSSR count). The molecule has 0 fully saturated rings. The molecule has 0 radical (unpaired) electrons. The Hall–Kier alpha value is -1.01. The molecule has 12 heavy (non-hydrogen) atoms. The van der Waals surface area contributed by atoms with Crippen molar-refractivity contribution >= 4 is 12.7 Å². The van der Waals surface area contributed by atoms with Gasteiger partial charge >= 0.3 is 0 Å². The first-order valence-electron chi connectivity index (χ1n) is 3.58. The van der Waals surface area contributed by atoms with Gasteiger partial charge in [-0.05, 0) is 0 Å². The van der Waals surface area contributed by atoms with E-state index in [0.29, 0.717) is 0 Å². The number of aliphatic hydroxyl groups excluding tert-OH is 2. The van der Waals surface area contributed by atoms with E-state index < -0.39 is 31.4 Å². The summed E-state index contributed by atoms with van der Waals surface area (Å²) in [5.41, 5.74) is 0. The summed E-state index contributed by atoms with van der Waals surface area (Å²) in [5.74, 6) is 0. The van der Waals surface area contributed by atoms with Crippen molar-refractivity contribution in [2.75, 3.05) is 6.61 Å². The first-order chi connectivity index (χ1) is 6.02. The Morgan fingerprint density at radius 1 is 1.67 bits per heavy atom. The van der Waals surface area contributed by atoms with Crippen LogP contribution in [0.4, 0.5) is 4.39 Å². The van der Waals surface area contributed by atoms with E-state index in [1.165, 1.54) is 0 Å². The highest BCUT2D eigenvalue weighted by Crippen LogP contribution is 2.04. The molecule has 0 aliphatic carbocycles. The Labute approximate surface area is 69.2 Å². The number of aliphatic hydroxyl groups is 2. The Balaban J connectivity index is 4.21. The van der Waals surface area contributed by atoms with Crippen molar-refractivity contribution in [3.63, 3.8) is 0 Å². The fourth-order valence-corrected chi connectivity index (χ4v) is 0.562. The average Bonchev–Trinajstić information content (AvgIpc) is 2.11. The van der Waals surface area contributed by atoms with Crippen molar-refractivity contribution in [2.45, 2.75) is 18.4 Å². The Morgan fingerprint density at radius 2 is 2.25 bits per heavy atom. The van der Waals surface area contributed by atoms with E-state index in [0.717, 1.165) is 0 Å². The van der Waals surface area contributed by atoms with Gasteiger partial charge in [-0.15, -0.1) is 0 Å². The van der Waals surface area contributed by atoms with Crippen molar-refractivity contribution in [1.82, 2.24) is 0 Å². The molecule has 0 amide bonds. The molecule has 0 saturated carbocycles. The van der Waals surface area contributed by atoms with Gasteiger partial charge in [0.25, 0.3) is 6.45 Å². The third-order valence-electron chi connectivity index (χ3n) is 1.22. The average molecular weight is 181 g/mol. The Kier molecular flexibility index (Phi) is 4.25. The smallest absolute Gasteiger partial charge is 0.293 e. The molecule has 0 aromatic rings. The van der Waals surface area contributed by atoms with Crippen molar-refractivity contribution in [3.05, 3.63) is 0 Å². The zero-order chi connectivity index (χ0) is 10.4. The molecule has 0 aliphatic rings. The normalized spacial score (nSPS) is 18.8. The quantitative estimate of drug-likeness (QED) is 0.500. The van der Waals surface area contributed by atoms with Crippen molar-refractivity contribution in [3.8, 4) is 0 Å². The van der Waals surface area contributed by atoms with Gasteiger partial charge < -0.3 is 19.7 Å². The molecule has 0 heterocycles. The molecule has 3 atom stereocenters. The minimum Gasteiger partial charge on any atom is -0.459 e. The lowest BCUT2D eigenvalue weighted by Crippen LogP contribution is -2.39. The molecule has 0 saturated heterocycles. The maximum Gasteiger partial charge on any atom is 0.293 e. The summed E-state index contributed by atoms with van der Waals surface area (Å²) in [5, 5.41) is 17.4. The number of halogens is 1. The summed E-state index contributed by atoms with van der Waals surface area (Å²) in [6, 6.07) is 0. The van der Waals surface area contributed by atoms with Crippen molar-refractivity contribution in [2.24, 2.45) is 0 Å². The van der Waals surface area contributed by atoms with Crippen LogP contribution in [0, 0.1) is 0 Å². The zero-order valence-electron chi connectivity index (χ0n) is 7.01. The van der Waals surface area contributed by atoms with E-state index in [9.17, 15) is 14.0 Å². The number of aldehydes is 1. The van der Waals surface area contributed by atoms with Gasteiger partial charge in [0.1, 0.15) is 6.10 Å². The predicted molar refractivity (Wildman–Crippen MR) is 35.0 cm³/mol. The van der Waals surface area contributed by atoms with Crippen LogP contribution in [0.25, 0.3) is 0 Å². The van der Waals surface area contributed by atoms with Crippen LogP contribution in [0.15, 0.2) is 0 Å². The van der Waals surface area contributed by atoms with Crippen LogP contribution in [0.2, 0.25) is 0 Å². The van der Waals surface area contributed by atoms with Gasteiger partial charge in [-0.2, -0.15) is 0 Å². The first kappa shape index (κ1) is 9.08. The molecule has 0 bridgehead atoms. The zero-order valence-corrected chi connectivity index (χ0v) is 6.01. The lowest BCUT2D eigenvalue weighted by atomic mass is 10.1. The lowest BCUT2D eigenvalue weighted by Gasteiger charge is -2.18. The molecule has 0 aromatic heterocycles. The van der Waals surface area contributed by atoms with Gasteiger partial charge in [0.15, 0.2) is 19.9 Å². The van der Waals surface area contributed by atoms with Gasteiger partial charge in [-0.3, -0.25) is 4.79 Å². The second kappa shape index (κ2) is 5.62. The SMILES string of the molecule is [2H]C(=O)O[C@H](CO)[C@@H](O)[C@@H](F)C=O. The number of hydrogen-bond donors (Lipinski definition) is 2. The van der Waals surface area contributed by atoms with Crippen molar-refractivity contribution < 1.29 is 30.3 Å². The second-order valence-corrected chi connectivity index (χ2v) is 1.99. The van der Waals surface area contributed by atoms with Crippen LogP contribution >= 0.6 is 0 Å². The van der Waals surface area contributed by atoms with E-state index in [1.54, 1.807) is 0 Å². The van der Waals surface area contributed by atoms with Crippen LogP contribution < -0.4 is 0 Å². The number of ether oxygens (including phenoxy) is 1. The van der Waals surface area contributed by atoms with Gasteiger partial charge in [-0.1, -0.05) is 0 Å². The van der Waals surface area contributed by atoms with Crippen LogP contribution in [0.1, 0.15) is 1.37 Å². The number of rotatable bonds is 5. The fourth-order valence-electron chi connectivity index (χ4n) is 0.562. The highest BCUT2D eigenvalue weighted by molar-refractivity contribution is 5.57. The Bertz CT molecular complexity index is 188. The molecule has 0 unspecified atom stereocenters. The Morgan fingerprint density at radius 3 is 2.58 bits per heavy atom. The summed E-state index contributed by atoms with van der Waals surface area (Å²) in [6.07, 6.45) is -7.50. The van der Waals surface area contributed by atoms with Gasteiger partial charge in [-0.25, -0.2) is 4.39 Å². The summed E-state index contributed by atoms with van der Waals surface area (Å²) in [6.45, 7) is -0.861. The molecule has 6 heteroatoms. The predicted octanol–water partition coefficient (Wildman–Crippen LogP) is -1.58. The second-order valence-electron chi connectivity index (χ2n) is 1.99. The lowest BCUT2D eigenvalue weighted by molar-refractivity contribution is -0.147. The highest BCUT2D eigenvalue weighted by Gasteiger charge is 2.28. The van der Waals surface area contributed by atoms with Gasteiger partial charge in [0.05, 0.1) is 6.61 Å². The molecule has 2 N–H and O–H groups in total. The van der Waals surface area contributed by atoms with E-state index >= 15 is 0 Å². The summed E-state index contributed by atoms with van der Waals surface area (Å²) >= 11 is 0. The first-order valence-corrected chi connectivity index (χ1v) is 3.08. The topological polar surface area (TPSA) is 83.8 Å². The molecule has 0 aliphatic heterocycles. The minimum atomic E-state index is -2.25. The standard InChI is InChI=1S/C6H9FO5/c7-4(1-8)6(11)5(2-9)12-3-10/h1,3-6,9,11H,2H2/t4-,5+,6-/m0/s1/i3D. The molecular formula is C6H9FO5. The number of carbonyl (C=O) groups is 2. The van der Waals surface area contributed by atoms with E-state index in [-0.39, 0.29) is 6.29 Å². The summed E-state index contributed by atoms with van der Waals surface area (Å²) < 4.78 is 22.8. The third kappa shape index (κ3) is 2.93.